The fourth-order valence-electron chi connectivity index (χ4n) is 2.93. The van der Waals surface area contributed by atoms with Crippen LogP contribution in [-0.2, 0) is 0 Å². The van der Waals surface area contributed by atoms with Crippen molar-refractivity contribution in [2.75, 3.05) is 0 Å². The summed E-state index contributed by atoms with van der Waals surface area (Å²) in [4.78, 5) is 1.74. The predicted molar refractivity (Wildman–Crippen MR) is 68.5 cm³/mol. The Morgan fingerprint density at radius 1 is 1.06 bits per heavy atom. The first kappa shape index (κ1) is 15.8. The van der Waals surface area contributed by atoms with E-state index in [1.54, 1.807) is 18.7 Å². The van der Waals surface area contributed by atoms with E-state index < -0.39 is 12.2 Å². The molecule has 0 bridgehead atoms. The molecule has 1 nitrogen and oxygen atoms in total. The zero-order chi connectivity index (χ0) is 14.1. The third kappa shape index (κ3) is 4.15. The molecule has 0 amide bonds. The first-order valence-corrected chi connectivity index (χ1v) is 6.98. The zero-order valence-electron chi connectivity index (χ0n) is 12.1. The number of nitrogens with zero attached hydrogens (tertiary/aromatic N) is 1. The number of halogens is 3. The van der Waals surface area contributed by atoms with Gasteiger partial charge in [0.2, 0.25) is 0 Å². The fraction of sp³-hybridized carbons (Fsp3) is 1.00. The molecule has 0 N–H and O–H groups in total. The Bertz CT molecular complexity index is 256. The average Bonchev–Trinajstić information content (AvgIpc) is 2.92. The van der Waals surface area contributed by atoms with Crippen LogP contribution in [0.3, 0.4) is 0 Å². The minimum Gasteiger partial charge on any atom is -0.286 e. The molecule has 0 aliphatic heterocycles. The van der Waals surface area contributed by atoms with Gasteiger partial charge < -0.3 is 0 Å². The van der Waals surface area contributed by atoms with Gasteiger partial charge in [-0.15, -0.1) is 0 Å². The van der Waals surface area contributed by atoms with E-state index in [0.717, 1.165) is 19.3 Å². The molecule has 0 radical (unpaired) electrons. The number of alkyl halides is 3. The van der Waals surface area contributed by atoms with E-state index in [0.29, 0.717) is 5.92 Å². The molecule has 0 spiro atoms. The minimum atomic E-state index is -4.12. The van der Waals surface area contributed by atoms with Crippen molar-refractivity contribution in [2.45, 2.75) is 78.2 Å². The van der Waals surface area contributed by atoms with Gasteiger partial charge in [-0.1, -0.05) is 27.7 Å². The second-order valence-corrected chi connectivity index (χ2v) is 6.39. The highest BCUT2D eigenvalue weighted by atomic mass is 19.4. The quantitative estimate of drug-likeness (QED) is 0.684. The van der Waals surface area contributed by atoms with Gasteiger partial charge in [-0.3, -0.25) is 4.90 Å². The zero-order valence-corrected chi connectivity index (χ0v) is 12.1. The molecule has 0 aromatic rings. The van der Waals surface area contributed by atoms with E-state index >= 15 is 0 Å². The largest absolute Gasteiger partial charge is 0.404 e. The van der Waals surface area contributed by atoms with Crippen molar-refractivity contribution in [3.63, 3.8) is 0 Å². The Kier molecular flexibility index (Phi) is 5.10. The molecule has 0 saturated heterocycles. The van der Waals surface area contributed by atoms with Crippen molar-refractivity contribution in [1.82, 2.24) is 4.90 Å². The molecule has 2 atom stereocenters. The van der Waals surface area contributed by atoms with Crippen molar-refractivity contribution < 1.29 is 13.2 Å². The molecule has 0 unspecified atom stereocenters. The SMILES string of the molecule is CC(C)C[C@@H](C)N(C1CC1)[C@@H](C(C)C)C(F)(F)F. The average molecular weight is 265 g/mol. The summed E-state index contributed by atoms with van der Waals surface area (Å²) in [6, 6.07) is -1.14. The number of hydrogen-bond acceptors (Lipinski definition) is 1. The van der Waals surface area contributed by atoms with E-state index in [4.69, 9.17) is 0 Å². The maximum atomic E-state index is 13.3. The third-order valence-corrected chi connectivity index (χ3v) is 3.58. The van der Waals surface area contributed by atoms with Crippen molar-refractivity contribution >= 4 is 0 Å². The monoisotopic (exact) mass is 265 g/mol. The van der Waals surface area contributed by atoms with E-state index in [1.165, 1.54) is 0 Å². The first-order chi connectivity index (χ1) is 8.14. The maximum Gasteiger partial charge on any atom is 0.404 e. The van der Waals surface area contributed by atoms with Crippen molar-refractivity contribution in [3.05, 3.63) is 0 Å². The van der Waals surface area contributed by atoms with Crippen LogP contribution in [0.15, 0.2) is 0 Å². The second-order valence-electron chi connectivity index (χ2n) is 6.39. The van der Waals surface area contributed by atoms with Gasteiger partial charge in [-0.05, 0) is 38.0 Å². The molecule has 0 aromatic carbocycles. The predicted octanol–water partition coefficient (Wildman–Crippen LogP) is 4.47. The summed E-state index contributed by atoms with van der Waals surface area (Å²) < 4.78 is 39.8. The topological polar surface area (TPSA) is 3.24 Å². The molecule has 1 rings (SSSR count). The third-order valence-electron chi connectivity index (χ3n) is 3.58. The summed E-state index contributed by atoms with van der Waals surface area (Å²) in [7, 11) is 0. The van der Waals surface area contributed by atoms with Crippen LogP contribution in [0.4, 0.5) is 13.2 Å². The lowest BCUT2D eigenvalue weighted by Gasteiger charge is -2.40. The molecule has 108 valence electrons. The molecule has 0 heterocycles. The van der Waals surface area contributed by atoms with E-state index in [2.05, 4.69) is 13.8 Å². The van der Waals surface area contributed by atoms with Crippen LogP contribution in [-0.4, -0.2) is 29.2 Å². The van der Waals surface area contributed by atoms with Crippen LogP contribution in [0.5, 0.6) is 0 Å². The van der Waals surface area contributed by atoms with Gasteiger partial charge >= 0.3 is 6.18 Å². The highest BCUT2D eigenvalue weighted by Gasteiger charge is 2.50. The molecule has 4 heteroatoms. The Hall–Kier alpha value is -0.250. The Morgan fingerprint density at radius 3 is 1.83 bits per heavy atom. The molecule has 1 aliphatic carbocycles. The Morgan fingerprint density at radius 2 is 1.56 bits per heavy atom. The van der Waals surface area contributed by atoms with Crippen LogP contribution in [0.1, 0.15) is 53.9 Å². The van der Waals surface area contributed by atoms with Gasteiger partial charge in [0.25, 0.3) is 0 Å². The standard InChI is InChI=1S/C14H26F3N/c1-9(2)8-11(5)18(12-6-7-12)13(10(3)4)14(15,16)17/h9-13H,6-8H2,1-5H3/t11-,13+/m1/s1. The van der Waals surface area contributed by atoms with Gasteiger partial charge in [0.1, 0.15) is 6.04 Å². The highest BCUT2D eigenvalue weighted by Crippen LogP contribution is 2.40. The molecule has 18 heavy (non-hydrogen) atoms. The molecule has 1 aliphatic rings. The summed E-state index contributed by atoms with van der Waals surface area (Å²) in [5.41, 5.74) is 0. The van der Waals surface area contributed by atoms with Crippen LogP contribution in [0.25, 0.3) is 0 Å². The van der Waals surface area contributed by atoms with Gasteiger partial charge in [-0.25, -0.2) is 0 Å². The van der Waals surface area contributed by atoms with E-state index in [-0.39, 0.29) is 18.0 Å². The molecule has 1 fully saturated rings. The number of hydrogen-bond donors (Lipinski definition) is 0. The first-order valence-electron chi connectivity index (χ1n) is 6.98. The number of rotatable bonds is 6. The summed E-state index contributed by atoms with van der Waals surface area (Å²) in [5.74, 6) is 0.0440. The van der Waals surface area contributed by atoms with Crippen LogP contribution >= 0.6 is 0 Å². The van der Waals surface area contributed by atoms with Crippen molar-refractivity contribution in [3.8, 4) is 0 Å². The van der Waals surface area contributed by atoms with Crippen LogP contribution in [0, 0.1) is 11.8 Å². The van der Waals surface area contributed by atoms with Crippen LogP contribution in [0.2, 0.25) is 0 Å². The van der Waals surface area contributed by atoms with Gasteiger partial charge in [0.05, 0.1) is 0 Å². The normalized spacial score (nSPS) is 20.8. The minimum absolute atomic E-state index is 0.00604. The highest BCUT2D eigenvalue weighted by molar-refractivity contribution is 4.95. The summed E-state index contributed by atoms with van der Waals surface area (Å²) in [5, 5.41) is 0. The van der Waals surface area contributed by atoms with Crippen molar-refractivity contribution in [1.29, 1.82) is 0 Å². The lowest BCUT2D eigenvalue weighted by molar-refractivity contribution is -0.203. The Labute approximate surface area is 109 Å². The molecular formula is C14H26F3N. The molecule has 1 saturated carbocycles. The Balaban J connectivity index is 2.87. The molecule has 0 aromatic heterocycles. The molecular weight excluding hydrogens is 239 g/mol. The smallest absolute Gasteiger partial charge is 0.286 e. The van der Waals surface area contributed by atoms with Crippen molar-refractivity contribution in [2.24, 2.45) is 11.8 Å². The second kappa shape index (κ2) is 5.81. The summed E-state index contributed by atoms with van der Waals surface area (Å²) >= 11 is 0. The maximum absolute atomic E-state index is 13.3. The van der Waals surface area contributed by atoms with E-state index in [9.17, 15) is 13.2 Å². The van der Waals surface area contributed by atoms with Crippen LogP contribution < -0.4 is 0 Å². The lowest BCUT2D eigenvalue weighted by atomic mass is 9.96. The van der Waals surface area contributed by atoms with Gasteiger partial charge in [-0.2, -0.15) is 13.2 Å². The van der Waals surface area contributed by atoms with E-state index in [1.807, 2.05) is 6.92 Å². The van der Waals surface area contributed by atoms with Gasteiger partial charge in [0.15, 0.2) is 0 Å². The summed E-state index contributed by atoms with van der Waals surface area (Å²) in [6.07, 6.45) is -1.46. The van der Waals surface area contributed by atoms with Gasteiger partial charge in [0, 0.05) is 12.1 Å². The lowest BCUT2D eigenvalue weighted by Crippen LogP contribution is -2.54. The fourth-order valence-corrected chi connectivity index (χ4v) is 2.93. The summed E-state index contributed by atoms with van der Waals surface area (Å²) in [6.45, 7) is 9.43.